The van der Waals surface area contributed by atoms with Crippen LogP contribution < -0.4 is 4.74 Å². The molecule has 6 nitrogen and oxygen atoms in total. The van der Waals surface area contributed by atoms with Gasteiger partial charge in [0.05, 0.1) is 18.7 Å². The Bertz CT molecular complexity index is 1510. The number of aromatic nitrogens is 1. The fraction of sp³-hybridized carbons (Fsp3) is 0.143. The molecule has 1 aliphatic heterocycles. The zero-order chi connectivity index (χ0) is 25.4. The van der Waals surface area contributed by atoms with Crippen LogP contribution in [0.5, 0.6) is 5.75 Å². The average Bonchev–Trinajstić information content (AvgIpc) is 3.40. The van der Waals surface area contributed by atoms with Crippen LogP contribution in [-0.2, 0) is 16.0 Å². The second kappa shape index (κ2) is 9.62. The zero-order valence-corrected chi connectivity index (χ0v) is 20.9. The quantitative estimate of drug-likeness (QED) is 0.183. The van der Waals surface area contributed by atoms with Gasteiger partial charge in [-0.15, -0.1) is 0 Å². The number of amides is 1. The Morgan fingerprint density at radius 1 is 1.11 bits per heavy atom. The van der Waals surface area contributed by atoms with Crippen LogP contribution in [0.4, 0.5) is 4.39 Å². The average molecular weight is 549 g/mol. The molecule has 36 heavy (non-hydrogen) atoms. The van der Waals surface area contributed by atoms with Crippen molar-refractivity contribution in [1.82, 2.24) is 9.88 Å². The summed E-state index contributed by atoms with van der Waals surface area (Å²) in [4.78, 5) is 31.0. The minimum Gasteiger partial charge on any atom is -0.507 e. The summed E-state index contributed by atoms with van der Waals surface area (Å²) in [7, 11) is 1.59. The number of methoxy groups -OCH3 is 1. The van der Waals surface area contributed by atoms with E-state index in [1.165, 1.54) is 23.1 Å². The Hall–Kier alpha value is -3.91. The van der Waals surface area contributed by atoms with E-state index in [0.717, 1.165) is 20.9 Å². The number of aromatic amines is 1. The second-order valence-corrected chi connectivity index (χ2v) is 9.45. The van der Waals surface area contributed by atoms with E-state index in [1.807, 2.05) is 24.4 Å². The van der Waals surface area contributed by atoms with Gasteiger partial charge < -0.3 is 19.7 Å². The van der Waals surface area contributed by atoms with Crippen LogP contribution in [0, 0.1) is 5.82 Å². The monoisotopic (exact) mass is 548 g/mol. The lowest BCUT2D eigenvalue weighted by Gasteiger charge is -2.25. The Kier molecular flexibility index (Phi) is 6.36. The third-order valence-electron chi connectivity index (χ3n) is 6.42. The molecule has 0 aliphatic carbocycles. The first-order valence-electron chi connectivity index (χ1n) is 11.3. The number of carbonyl (C=O) groups excluding carboxylic acids is 2. The van der Waals surface area contributed by atoms with E-state index >= 15 is 0 Å². The number of aliphatic hydroxyl groups excluding tert-OH is 1. The fourth-order valence-electron chi connectivity index (χ4n) is 4.63. The highest BCUT2D eigenvalue weighted by Crippen LogP contribution is 2.40. The number of nitrogens with one attached hydrogen (secondary N) is 1. The van der Waals surface area contributed by atoms with Crippen LogP contribution in [0.2, 0.25) is 0 Å². The Morgan fingerprint density at radius 2 is 1.89 bits per heavy atom. The number of benzene rings is 3. The van der Waals surface area contributed by atoms with Crippen molar-refractivity contribution in [2.24, 2.45) is 0 Å². The fourth-order valence-corrected chi connectivity index (χ4v) is 4.89. The summed E-state index contributed by atoms with van der Waals surface area (Å²) in [5.74, 6) is -1.62. The van der Waals surface area contributed by atoms with E-state index in [9.17, 15) is 19.1 Å². The number of carbonyl (C=O) groups is 2. The van der Waals surface area contributed by atoms with Crippen molar-refractivity contribution in [1.29, 1.82) is 0 Å². The SMILES string of the molecule is COc1ccc2[nH]cc(CCN3C(=O)C(=O)C(=C(O)c4ccc(Br)cc4)[C@@H]3c3cccc(F)c3)c2c1. The lowest BCUT2D eigenvalue weighted by molar-refractivity contribution is -0.139. The minimum atomic E-state index is -0.927. The number of hydrogen-bond acceptors (Lipinski definition) is 4. The Balaban J connectivity index is 1.56. The number of aliphatic hydroxyl groups is 1. The molecule has 1 aliphatic rings. The van der Waals surface area contributed by atoms with Gasteiger partial charge >= 0.3 is 0 Å². The molecule has 1 atom stereocenters. The zero-order valence-electron chi connectivity index (χ0n) is 19.3. The van der Waals surface area contributed by atoms with Gasteiger partial charge in [-0.25, -0.2) is 4.39 Å². The molecule has 1 amide bonds. The molecule has 5 rings (SSSR count). The Labute approximate surface area is 215 Å². The number of rotatable bonds is 6. The first-order chi connectivity index (χ1) is 17.4. The van der Waals surface area contributed by atoms with Gasteiger partial charge in [0.25, 0.3) is 11.7 Å². The topological polar surface area (TPSA) is 82.6 Å². The number of hydrogen-bond donors (Lipinski definition) is 2. The highest BCUT2D eigenvalue weighted by molar-refractivity contribution is 9.10. The van der Waals surface area contributed by atoms with Crippen LogP contribution in [0.3, 0.4) is 0 Å². The highest BCUT2D eigenvalue weighted by Gasteiger charge is 2.46. The number of nitrogens with zero attached hydrogens (tertiary/aromatic N) is 1. The number of ketones is 1. The minimum absolute atomic E-state index is 0.0616. The maximum Gasteiger partial charge on any atom is 0.295 e. The van der Waals surface area contributed by atoms with Crippen molar-refractivity contribution in [3.05, 3.63) is 105 Å². The number of H-pyrrole nitrogens is 1. The van der Waals surface area contributed by atoms with Crippen LogP contribution in [-0.4, -0.2) is 40.3 Å². The van der Waals surface area contributed by atoms with Crippen LogP contribution in [0.25, 0.3) is 16.7 Å². The van der Waals surface area contributed by atoms with Crippen molar-refractivity contribution in [2.45, 2.75) is 12.5 Å². The van der Waals surface area contributed by atoms with E-state index in [1.54, 1.807) is 37.4 Å². The van der Waals surface area contributed by atoms with Crippen molar-refractivity contribution in [3.8, 4) is 5.75 Å². The maximum absolute atomic E-state index is 14.2. The number of Topliss-reactive ketones (excluding diaryl/α,β-unsaturated/α-hetero) is 1. The lowest BCUT2D eigenvalue weighted by atomic mass is 9.95. The number of halogens is 2. The normalized spacial score (nSPS) is 17.2. The lowest BCUT2D eigenvalue weighted by Crippen LogP contribution is -2.31. The summed E-state index contributed by atoms with van der Waals surface area (Å²) < 4.78 is 20.3. The van der Waals surface area contributed by atoms with Crippen LogP contribution >= 0.6 is 15.9 Å². The molecule has 8 heteroatoms. The molecule has 3 aromatic carbocycles. The van der Waals surface area contributed by atoms with E-state index in [-0.39, 0.29) is 17.9 Å². The number of ether oxygens (including phenoxy) is 1. The van der Waals surface area contributed by atoms with E-state index in [2.05, 4.69) is 20.9 Å². The summed E-state index contributed by atoms with van der Waals surface area (Å²) in [6, 6.07) is 17.3. The van der Waals surface area contributed by atoms with Gasteiger partial charge in [0.1, 0.15) is 17.3 Å². The smallest absolute Gasteiger partial charge is 0.295 e. The molecular weight excluding hydrogens is 527 g/mol. The molecule has 182 valence electrons. The molecule has 0 spiro atoms. The summed E-state index contributed by atoms with van der Waals surface area (Å²) in [6.45, 7) is 0.188. The summed E-state index contributed by atoms with van der Waals surface area (Å²) in [5.41, 5.74) is 2.60. The van der Waals surface area contributed by atoms with Crippen molar-refractivity contribution < 1.29 is 23.8 Å². The van der Waals surface area contributed by atoms with Gasteiger partial charge in [-0.1, -0.05) is 40.2 Å². The van der Waals surface area contributed by atoms with Crippen molar-refractivity contribution in [3.63, 3.8) is 0 Å². The number of fused-ring (bicyclic) bond motifs is 1. The Morgan fingerprint density at radius 3 is 2.61 bits per heavy atom. The van der Waals surface area contributed by atoms with Crippen molar-refractivity contribution >= 4 is 44.3 Å². The standard InChI is InChI=1S/C28H22BrFN2O4/c1-36-21-9-10-23-22(14-21)18(15-31-23)11-12-32-25(17-3-2-4-20(30)13-17)24(27(34)28(32)35)26(33)16-5-7-19(29)8-6-16/h2-10,13-15,25,31,33H,11-12H2,1H3/t25-/m0/s1. The van der Waals surface area contributed by atoms with Gasteiger partial charge in [0, 0.05) is 33.7 Å². The molecule has 0 unspecified atom stereocenters. The molecule has 2 heterocycles. The van der Waals surface area contributed by atoms with E-state index in [0.29, 0.717) is 23.3 Å². The van der Waals surface area contributed by atoms with Gasteiger partial charge in [0.2, 0.25) is 0 Å². The predicted octanol–water partition coefficient (Wildman–Crippen LogP) is 5.74. The van der Waals surface area contributed by atoms with Crippen LogP contribution in [0.1, 0.15) is 22.7 Å². The molecule has 4 aromatic rings. The van der Waals surface area contributed by atoms with Gasteiger partial charge in [0.15, 0.2) is 0 Å². The molecule has 1 saturated heterocycles. The summed E-state index contributed by atoms with van der Waals surface area (Å²) >= 11 is 3.35. The molecule has 0 saturated carbocycles. The van der Waals surface area contributed by atoms with Gasteiger partial charge in [-0.05, 0) is 60.0 Å². The van der Waals surface area contributed by atoms with Gasteiger partial charge in [-0.3, -0.25) is 9.59 Å². The maximum atomic E-state index is 14.2. The van der Waals surface area contributed by atoms with E-state index < -0.39 is 23.5 Å². The number of likely N-dealkylation sites (tertiary alicyclic amines) is 1. The first kappa shape index (κ1) is 23.8. The molecule has 1 fully saturated rings. The van der Waals surface area contributed by atoms with Crippen LogP contribution in [0.15, 0.2) is 83.0 Å². The molecule has 1 aromatic heterocycles. The highest BCUT2D eigenvalue weighted by atomic mass is 79.9. The summed E-state index contributed by atoms with van der Waals surface area (Å²) in [5, 5.41) is 12.1. The predicted molar refractivity (Wildman–Crippen MR) is 138 cm³/mol. The van der Waals surface area contributed by atoms with Crippen molar-refractivity contribution in [2.75, 3.05) is 13.7 Å². The second-order valence-electron chi connectivity index (χ2n) is 8.53. The third-order valence-corrected chi connectivity index (χ3v) is 6.95. The molecule has 0 bridgehead atoms. The molecule has 0 radical (unpaired) electrons. The summed E-state index contributed by atoms with van der Waals surface area (Å²) in [6.07, 6.45) is 2.30. The first-order valence-corrected chi connectivity index (χ1v) is 12.1. The van der Waals surface area contributed by atoms with E-state index in [4.69, 9.17) is 4.74 Å². The largest absolute Gasteiger partial charge is 0.507 e. The third kappa shape index (κ3) is 4.28. The molecular formula is C28H22BrFN2O4. The molecule has 2 N–H and O–H groups in total. The van der Waals surface area contributed by atoms with Gasteiger partial charge in [-0.2, -0.15) is 0 Å².